The first-order valence-corrected chi connectivity index (χ1v) is 14.3. The Morgan fingerprint density at radius 1 is 0.818 bits per heavy atom. The molecule has 1 aliphatic heterocycles. The number of rotatable bonds is 18. The van der Waals surface area contributed by atoms with Crippen molar-refractivity contribution in [2.24, 2.45) is 0 Å². The third kappa shape index (κ3) is 14.4. The molecule has 1 rings (SSSR count). The number of amides is 6. The second-order valence-corrected chi connectivity index (χ2v) is 10.5. The van der Waals surface area contributed by atoms with Crippen molar-refractivity contribution in [1.82, 2.24) is 31.1 Å². The Balaban J connectivity index is 2.43. The Hall–Kier alpha value is -4.09. The summed E-state index contributed by atoms with van der Waals surface area (Å²) in [5.41, 5.74) is 0.493. The van der Waals surface area contributed by atoms with Crippen LogP contribution in [-0.4, -0.2) is 117 Å². The van der Waals surface area contributed by atoms with Crippen LogP contribution in [0.1, 0.15) is 72.6 Å². The number of esters is 1. The number of carbonyl (C=O) groups is 7. The number of nitrogens with one attached hydrogen (secondary N) is 3. The Bertz CT molecular complexity index is 1080. The summed E-state index contributed by atoms with van der Waals surface area (Å²) in [7, 11) is 0. The molecule has 0 aromatic heterocycles. The second kappa shape index (κ2) is 19.2. The van der Waals surface area contributed by atoms with E-state index in [0.29, 0.717) is 27.2 Å². The molecule has 1 saturated heterocycles. The summed E-state index contributed by atoms with van der Waals surface area (Å²) in [6.07, 6.45) is 2.53. The third-order valence-corrected chi connectivity index (χ3v) is 6.61. The molecule has 0 aliphatic carbocycles. The Kier molecular flexibility index (Phi) is 16.6. The molecule has 0 aromatic rings. The van der Waals surface area contributed by atoms with Crippen molar-refractivity contribution in [3.8, 4) is 0 Å². The van der Waals surface area contributed by atoms with Crippen LogP contribution in [0.4, 0.5) is 0 Å². The predicted molar refractivity (Wildman–Crippen MR) is 150 cm³/mol. The third-order valence-electron chi connectivity index (χ3n) is 6.61. The fourth-order valence-electron chi connectivity index (χ4n) is 4.11. The first-order chi connectivity index (χ1) is 20.6. The molecule has 6 amide bonds. The van der Waals surface area contributed by atoms with E-state index in [9.17, 15) is 49.2 Å². The van der Waals surface area contributed by atoms with Gasteiger partial charge >= 0.3 is 5.97 Å². The van der Waals surface area contributed by atoms with Crippen LogP contribution in [0.25, 0.3) is 0 Å². The van der Waals surface area contributed by atoms with Gasteiger partial charge in [0.15, 0.2) is 0 Å². The quantitative estimate of drug-likeness (QED) is 0.0485. The molecule has 3 atom stereocenters. The molecule has 0 saturated carbocycles. The molecule has 44 heavy (non-hydrogen) atoms. The van der Waals surface area contributed by atoms with Crippen LogP contribution in [0.3, 0.4) is 0 Å². The molecular formula is C27H44N6O11. The molecule has 17 nitrogen and oxygen atoms in total. The maximum atomic E-state index is 12.4. The lowest BCUT2D eigenvalue weighted by Crippen LogP contribution is -2.61. The van der Waals surface area contributed by atoms with E-state index in [0.717, 1.165) is 6.08 Å². The minimum absolute atomic E-state index is 0.0200. The number of piperazine rings is 1. The van der Waals surface area contributed by atoms with E-state index >= 15 is 0 Å². The molecule has 248 valence electrons. The van der Waals surface area contributed by atoms with Gasteiger partial charge in [-0.3, -0.25) is 44.4 Å². The van der Waals surface area contributed by atoms with Crippen LogP contribution in [0.5, 0.6) is 0 Å². The van der Waals surface area contributed by atoms with Crippen LogP contribution in [-0.2, 0) is 38.3 Å². The SMILES string of the molecule is CC(=O)N[C@@H](CCCN(O)C(C)=O)C(=O)OCC/C(C)=C\C(=O)N(O)CCC[C@@H]1NC(=O)[C@H](CCCN(O)C(C)=O)NC1=O. The van der Waals surface area contributed by atoms with Gasteiger partial charge in [-0.1, -0.05) is 5.57 Å². The molecule has 0 radical (unpaired) electrons. The Morgan fingerprint density at radius 2 is 1.30 bits per heavy atom. The number of hydrogen-bond acceptors (Lipinski definition) is 11. The van der Waals surface area contributed by atoms with Gasteiger partial charge in [-0.15, -0.1) is 0 Å². The smallest absolute Gasteiger partial charge is 0.328 e. The molecule has 1 heterocycles. The van der Waals surface area contributed by atoms with E-state index in [1.54, 1.807) is 6.92 Å². The van der Waals surface area contributed by atoms with E-state index in [1.807, 2.05) is 0 Å². The van der Waals surface area contributed by atoms with Crippen molar-refractivity contribution in [3.05, 3.63) is 11.6 Å². The van der Waals surface area contributed by atoms with E-state index < -0.39 is 59.5 Å². The fraction of sp³-hybridized carbons (Fsp3) is 0.667. The molecule has 0 spiro atoms. The minimum Gasteiger partial charge on any atom is -0.464 e. The van der Waals surface area contributed by atoms with E-state index in [1.165, 1.54) is 20.8 Å². The normalized spacial score (nSPS) is 17.1. The number of ether oxygens (including phenoxy) is 1. The van der Waals surface area contributed by atoms with Crippen molar-refractivity contribution in [1.29, 1.82) is 0 Å². The van der Waals surface area contributed by atoms with E-state index in [-0.39, 0.29) is 64.8 Å². The van der Waals surface area contributed by atoms with E-state index in [4.69, 9.17) is 4.74 Å². The highest BCUT2D eigenvalue weighted by atomic mass is 16.5. The van der Waals surface area contributed by atoms with Crippen molar-refractivity contribution >= 4 is 41.4 Å². The molecule has 6 N–H and O–H groups in total. The molecule has 0 bridgehead atoms. The van der Waals surface area contributed by atoms with Gasteiger partial charge in [0.2, 0.25) is 29.5 Å². The van der Waals surface area contributed by atoms with Crippen LogP contribution < -0.4 is 16.0 Å². The molecule has 17 heteroatoms. The summed E-state index contributed by atoms with van der Waals surface area (Å²) in [6, 6.07) is -2.64. The van der Waals surface area contributed by atoms with Crippen LogP contribution >= 0.6 is 0 Å². The maximum absolute atomic E-state index is 12.4. The Labute approximate surface area is 255 Å². The van der Waals surface area contributed by atoms with Crippen molar-refractivity contribution in [2.75, 3.05) is 26.2 Å². The summed E-state index contributed by atoms with van der Waals surface area (Å²) in [5, 5.41) is 38.1. The van der Waals surface area contributed by atoms with Gasteiger partial charge in [0.05, 0.1) is 6.61 Å². The molecule has 1 fully saturated rings. The number of hydrogen-bond donors (Lipinski definition) is 6. The number of hydroxylamine groups is 6. The zero-order valence-corrected chi connectivity index (χ0v) is 25.5. The summed E-state index contributed by atoms with van der Waals surface area (Å²) < 4.78 is 5.20. The lowest BCUT2D eigenvalue weighted by atomic mass is 10.0. The van der Waals surface area contributed by atoms with Crippen molar-refractivity contribution in [2.45, 2.75) is 90.8 Å². The van der Waals surface area contributed by atoms with Crippen LogP contribution in [0.15, 0.2) is 11.6 Å². The summed E-state index contributed by atoms with van der Waals surface area (Å²) in [5.74, 6) is -3.83. The standard InChI is InChI=1S/C27H44N6O11/c1-17(11-15-44-27(40)23(28-18(2)34)10-7-13-32(42)20(4)36)16-24(37)33(43)14-6-9-22-26(39)29-21(25(38)30-22)8-5-12-31(41)19(3)35/h16,21-23,41-43H,5-15H2,1-4H3,(H,28,34)(H,29,39)(H,30,38)/b17-16-/t21-,22-,23-/m0/s1. The Morgan fingerprint density at radius 3 is 1.77 bits per heavy atom. The lowest BCUT2D eigenvalue weighted by molar-refractivity contribution is -0.163. The highest BCUT2D eigenvalue weighted by Gasteiger charge is 2.33. The monoisotopic (exact) mass is 628 g/mol. The van der Waals surface area contributed by atoms with Gasteiger partial charge in [-0.25, -0.2) is 20.0 Å². The topological polar surface area (TPSA) is 235 Å². The first kappa shape index (κ1) is 37.9. The molecule has 1 aliphatic rings. The largest absolute Gasteiger partial charge is 0.464 e. The van der Waals surface area contributed by atoms with Gasteiger partial charge in [0.25, 0.3) is 5.91 Å². The second-order valence-electron chi connectivity index (χ2n) is 10.5. The predicted octanol–water partition coefficient (Wildman–Crippen LogP) is -0.612. The first-order valence-electron chi connectivity index (χ1n) is 14.3. The summed E-state index contributed by atoms with van der Waals surface area (Å²) in [4.78, 5) is 83.0. The van der Waals surface area contributed by atoms with E-state index in [2.05, 4.69) is 16.0 Å². The van der Waals surface area contributed by atoms with Gasteiger partial charge in [-0.05, 0) is 45.4 Å². The van der Waals surface area contributed by atoms with Gasteiger partial charge in [0, 0.05) is 52.9 Å². The molecule has 0 aromatic carbocycles. The molecule has 0 unspecified atom stereocenters. The van der Waals surface area contributed by atoms with Gasteiger partial charge in [-0.2, -0.15) is 0 Å². The van der Waals surface area contributed by atoms with Crippen molar-refractivity contribution < 1.29 is 53.9 Å². The number of nitrogens with zero attached hydrogens (tertiary/aromatic N) is 3. The van der Waals surface area contributed by atoms with Gasteiger partial charge < -0.3 is 20.7 Å². The minimum atomic E-state index is -0.987. The fourth-order valence-corrected chi connectivity index (χ4v) is 4.11. The number of carbonyl (C=O) groups excluding carboxylic acids is 7. The van der Waals surface area contributed by atoms with Crippen LogP contribution in [0.2, 0.25) is 0 Å². The average Bonchev–Trinajstić information content (AvgIpc) is 2.93. The summed E-state index contributed by atoms with van der Waals surface area (Å²) >= 11 is 0. The zero-order valence-electron chi connectivity index (χ0n) is 25.5. The lowest BCUT2D eigenvalue weighted by Gasteiger charge is -2.30. The highest BCUT2D eigenvalue weighted by Crippen LogP contribution is 2.10. The zero-order chi connectivity index (χ0) is 33.4. The highest BCUT2D eigenvalue weighted by molar-refractivity contribution is 5.96. The van der Waals surface area contributed by atoms with Crippen molar-refractivity contribution in [3.63, 3.8) is 0 Å². The average molecular weight is 629 g/mol. The maximum Gasteiger partial charge on any atom is 0.328 e. The molecular weight excluding hydrogens is 584 g/mol. The van der Waals surface area contributed by atoms with Crippen LogP contribution in [0, 0.1) is 0 Å². The van der Waals surface area contributed by atoms with Gasteiger partial charge in [0.1, 0.15) is 18.1 Å². The summed E-state index contributed by atoms with van der Waals surface area (Å²) in [6.45, 7) is 4.97.